The lowest BCUT2D eigenvalue weighted by atomic mass is 10.2. The zero-order valence-corrected chi connectivity index (χ0v) is 10.5. The van der Waals surface area contributed by atoms with Crippen LogP contribution in [0.5, 0.6) is 11.6 Å². The average Bonchev–Trinajstić information content (AvgIpc) is 2.26. The molecule has 102 valence electrons. The first-order chi connectivity index (χ1) is 8.28. The third-order valence-corrected chi connectivity index (χ3v) is 2.38. The maximum atomic E-state index is 12.7. The number of aromatic nitrogens is 1. The van der Waals surface area contributed by atoms with Crippen molar-refractivity contribution in [2.75, 3.05) is 7.11 Å². The molecule has 0 aliphatic rings. The Labute approximate surface area is 107 Å². The largest absolute Gasteiger partial charge is 0.573 e. The van der Waals surface area contributed by atoms with Crippen molar-refractivity contribution in [3.05, 3.63) is 17.3 Å². The Balaban J connectivity index is 3.35. The number of alkyl halides is 6. The van der Waals surface area contributed by atoms with Crippen molar-refractivity contribution in [3.63, 3.8) is 0 Å². The second-order valence-electron chi connectivity index (χ2n) is 3.02. The summed E-state index contributed by atoms with van der Waals surface area (Å²) in [5.41, 5.74) is -0.815. The molecule has 0 aliphatic carbocycles. The lowest BCUT2D eigenvalue weighted by Gasteiger charge is -2.16. The van der Waals surface area contributed by atoms with Gasteiger partial charge in [-0.3, -0.25) is 0 Å². The summed E-state index contributed by atoms with van der Waals surface area (Å²) in [6, 6.07) is 0.822. The number of methoxy groups -OCH3 is 1. The highest BCUT2D eigenvalue weighted by atomic mass is 79.9. The van der Waals surface area contributed by atoms with Gasteiger partial charge in [0.25, 0.3) is 12.3 Å². The summed E-state index contributed by atoms with van der Waals surface area (Å²) in [5.74, 6) is -1.76. The minimum absolute atomic E-state index is 0.0926. The Bertz CT molecular complexity index is 424. The van der Waals surface area contributed by atoms with Crippen molar-refractivity contribution in [2.45, 2.75) is 18.1 Å². The normalized spacial score (nSPS) is 11.8. The molecule has 0 radical (unpaired) electrons. The molecule has 0 saturated carbocycles. The van der Waals surface area contributed by atoms with Gasteiger partial charge in [-0.15, -0.1) is 13.2 Å². The second kappa shape index (κ2) is 5.68. The molecular formula is C9H7BrF5NO2. The molecular weight excluding hydrogens is 329 g/mol. The van der Waals surface area contributed by atoms with Crippen LogP contribution in [0.25, 0.3) is 0 Å². The van der Waals surface area contributed by atoms with Crippen LogP contribution >= 0.6 is 15.9 Å². The SMILES string of the molecule is COc1nc(CBr)cc(C(F)F)c1OC(F)(F)F. The number of hydrogen-bond acceptors (Lipinski definition) is 3. The van der Waals surface area contributed by atoms with E-state index in [1.165, 1.54) is 0 Å². The van der Waals surface area contributed by atoms with Crippen molar-refractivity contribution in [1.82, 2.24) is 4.98 Å². The van der Waals surface area contributed by atoms with Crippen LogP contribution < -0.4 is 9.47 Å². The number of hydrogen-bond donors (Lipinski definition) is 0. The fourth-order valence-electron chi connectivity index (χ4n) is 1.17. The van der Waals surface area contributed by atoms with Gasteiger partial charge in [0.05, 0.1) is 18.4 Å². The van der Waals surface area contributed by atoms with Crippen LogP contribution in [0.4, 0.5) is 22.0 Å². The van der Waals surface area contributed by atoms with Gasteiger partial charge >= 0.3 is 6.36 Å². The van der Waals surface area contributed by atoms with E-state index in [9.17, 15) is 22.0 Å². The van der Waals surface area contributed by atoms with E-state index in [-0.39, 0.29) is 11.0 Å². The molecule has 0 atom stereocenters. The summed E-state index contributed by atoms with van der Waals surface area (Å²) in [4.78, 5) is 3.61. The van der Waals surface area contributed by atoms with Gasteiger partial charge < -0.3 is 9.47 Å². The molecule has 0 aromatic carbocycles. The molecule has 0 fully saturated rings. The zero-order valence-electron chi connectivity index (χ0n) is 8.89. The van der Waals surface area contributed by atoms with Crippen LogP contribution in [0.3, 0.4) is 0 Å². The van der Waals surface area contributed by atoms with Crippen molar-refractivity contribution in [1.29, 1.82) is 0 Å². The van der Waals surface area contributed by atoms with Gasteiger partial charge in [-0.05, 0) is 6.07 Å². The first-order valence-corrected chi connectivity index (χ1v) is 5.58. The fourth-order valence-corrected chi connectivity index (χ4v) is 1.46. The molecule has 1 aromatic heterocycles. The lowest BCUT2D eigenvalue weighted by molar-refractivity contribution is -0.275. The highest BCUT2D eigenvalue weighted by molar-refractivity contribution is 9.08. The molecule has 18 heavy (non-hydrogen) atoms. The number of rotatable bonds is 4. The molecule has 3 nitrogen and oxygen atoms in total. The Hall–Kier alpha value is -1.12. The standard InChI is InChI=1S/C9H7BrF5NO2/c1-17-8-6(18-9(13,14)15)5(7(11)12)2-4(3-10)16-8/h2,7H,3H2,1H3. The Morgan fingerprint density at radius 2 is 2.00 bits per heavy atom. The molecule has 1 rings (SSSR count). The van der Waals surface area contributed by atoms with Gasteiger partial charge in [-0.2, -0.15) is 0 Å². The lowest BCUT2D eigenvalue weighted by Crippen LogP contribution is -2.19. The smallest absolute Gasteiger partial charge is 0.478 e. The Morgan fingerprint density at radius 3 is 2.39 bits per heavy atom. The first kappa shape index (κ1) is 14.9. The molecule has 0 spiro atoms. The van der Waals surface area contributed by atoms with E-state index in [2.05, 4.69) is 30.4 Å². The van der Waals surface area contributed by atoms with E-state index < -0.39 is 30.0 Å². The Kier molecular flexibility index (Phi) is 4.71. The number of pyridine rings is 1. The van der Waals surface area contributed by atoms with Crippen molar-refractivity contribution < 1.29 is 31.4 Å². The van der Waals surface area contributed by atoms with Gasteiger partial charge in [0.2, 0.25) is 0 Å². The molecule has 0 unspecified atom stereocenters. The minimum atomic E-state index is -5.10. The summed E-state index contributed by atoms with van der Waals surface area (Å²) in [5, 5.41) is 0.0926. The van der Waals surface area contributed by atoms with Gasteiger partial charge in [0.1, 0.15) is 0 Å². The van der Waals surface area contributed by atoms with E-state index in [1.54, 1.807) is 0 Å². The molecule has 0 aliphatic heterocycles. The van der Waals surface area contributed by atoms with Crippen LogP contribution in [-0.2, 0) is 5.33 Å². The van der Waals surface area contributed by atoms with Crippen LogP contribution in [0.15, 0.2) is 6.07 Å². The maximum Gasteiger partial charge on any atom is 0.573 e. The zero-order chi connectivity index (χ0) is 13.9. The predicted octanol–water partition coefficient (Wildman–Crippen LogP) is 3.82. The van der Waals surface area contributed by atoms with E-state index in [0.29, 0.717) is 0 Å². The van der Waals surface area contributed by atoms with Crippen molar-refractivity contribution >= 4 is 15.9 Å². The summed E-state index contributed by atoms with van der Waals surface area (Å²) >= 11 is 2.96. The van der Waals surface area contributed by atoms with Crippen LogP contribution in [0.2, 0.25) is 0 Å². The summed E-state index contributed by atoms with van der Waals surface area (Å²) in [6.45, 7) is 0. The molecule has 0 N–H and O–H groups in total. The summed E-state index contributed by atoms with van der Waals surface area (Å²) in [6.07, 6.45) is -8.24. The second-order valence-corrected chi connectivity index (χ2v) is 3.58. The van der Waals surface area contributed by atoms with Crippen LogP contribution in [0.1, 0.15) is 17.7 Å². The third-order valence-electron chi connectivity index (χ3n) is 1.81. The monoisotopic (exact) mass is 335 g/mol. The summed E-state index contributed by atoms with van der Waals surface area (Å²) in [7, 11) is 1.01. The number of nitrogens with zero attached hydrogens (tertiary/aromatic N) is 1. The van der Waals surface area contributed by atoms with E-state index >= 15 is 0 Å². The van der Waals surface area contributed by atoms with Crippen LogP contribution in [0, 0.1) is 0 Å². The highest BCUT2D eigenvalue weighted by Gasteiger charge is 2.36. The molecule has 1 aromatic rings. The highest BCUT2D eigenvalue weighted by Crippen LogP contribution is 2.39. The third kappa shape index (κ3) is 3.69. The van der Waals surface area contributed by atoms with Crippen molar-refractivity contribution in [2.24, 2.45) is 0 Å². The van der Waals surface area contributed by atoms with E-state index in [4.69, 9.17) is 0 Å². The maximum absolute atomic E-state index is 12.7. The van der Waals surface area contributed by atoms with Gasteiger partial charge in [0, 0.05) is 5.33 Å². The van der Waals surface area contributed by atoms with Gasteiger partial charge in [-0.25, -0.2) is 13.8 Å². The molecule has 0 bridgehead atoms. The summed E-state index contributed by atoms with van der Waals surface area (Å²) < 4.78 is 69.8. The van der Waals surface area contributed by atoms with Gasteiger partial charge in [-0.1, -0.05) is 15.9 Å². The number of ether oxygens (including phenoxy) is 2. The Morgan fingerprint density at radius 1 is 1.39 bits per heavy atom. The predicted molar refractivity (Wildman–Crippen MR) is 55.1 cm³/mol. The van der Waals surface area contributed by atoms with E-state index in [0.717, 1.165) is 13.2 Å². The quantitative estimate of drug-likeness (QED) is 0.619. The molecule has 0 saturated heterocycles. The fraction of sp³-hybridized carbons (Fsp3) is 0.444. The van der Waals surface area contributed by atoms with Crippen LogP contribution in [-0.4, -0.2) is 18.5 Å². The molecule has 9 heteroatoms. The van der Waals surface area contributed by atoms with E-state index in [1.807, 2.05) is 0 Å². The van der Waals surface area contributed by atoms with Gasteiger partial charge in [0.15, 0.2) is 5.75 Å². The molecule has 1 heterocycles. The number of halogens is 6. The first-order valence-electron chi connectivity index (χ1n) is 4.46. The minimum Gasteiger partial charge on any atom is -0.478 e. The topological polar surface area (TPSA) is 31.4 Å². The average molecular weight is 336 g/mol. The molecule has 0 amide bonds. The van der Waals surface area contributed by atoms with Crippen molar-refractivity contribution in [3.8, 4) is 11.6 Å².